The second-order valence-electron chi connectivity index (χ2n) is 7.12. The van der Waals surface area contributed by atoms with Gasteiger partial charge in [-0.2, -0.15) is 0 Å². The lowest BCUT2D eigenvalue weighted by atomic mass is 10.1. The molecule has 0 unspecified atom stereocenters. The predicted molar refractivity (Wildman–Crippen MR) is 121 cm³/mol. The zero-order valence-electron chi connectivity index (χ0n) is 18.0. The second-order valence-corrected chi connectivity index (χ2v) is 7.12. The molecule has 0 aliphatic carbocycles. The van der Waals surface area contributed by atoms with E-state index in [9.17, 15) is 9.90 Å². The summed E-state index contributed by atoms with van der Waals surface area (Å²) in [7, 11) is 4.71. The van der Waals surface area contributed by atoms with Gasteiger partial charge >= 0.3 is 0 Å². The van der Waals surface area contributed by atoms with Crippen LogP contribution in [0.15, 0.2) is 65.1 Å². The minimum absolute atomic E-state index is 0.127. The van der Waals surface area contributed by atoms with Crippen LogP contribution in [-0.2, 0) is 6.42 Å². The largest absolute Gasteiger partial charge is 0.508 e. The second kappa shape index (κ2) is 8.93. The van der Waals surface area contributed by atoms with Crippen LogP contribution < -0.4 is 19.5 Å². The number of fused-ring (bicyclic) bond motifs is 1. The average Bonchev–Trinajstić information content (AvgIpc) is 3.28. The standard InChI is InChI=1S/C25H23NO6/c1-29-18-13-23(30-2)20(24(14-18)31-3)12-17-9-10-22(32-17)25(28)26-21-6-4-5-15-7-8-16(27)11-19(15)21/h4-11,13-14,27H,12H2,1-3H3,(H,26,28). The van der Waals surface area contributed by atoms with Gasteiger partial charge in [-0.25, -0.2) is 0 Å². The number of ether oxygens (including phenoxy) is 3. The van der Waals surface area contributed by atoms with Gasteiger partial charge in [-0.05, 0) is 35.7 Å². The summed E-state index contributed by atoms with van der Waals surface area (Å²) in [5, 5.41) is 14.3. The summed E-state index contributed by atoms with van der Waals surface area (Å²) in [4.78, 5) is 12.8. The van der Waals surface area contributed by atoms with Crippen molar-refractivity contribution < 1.29 is 28.5 Å². The summed E-state index contributed by atoms with van der Waals surface area (Å²) in [6.07, 6.45) is 0.367. The van der Waals surface area contributed by atoms with Gasteiger partial charge in [0.2, 0.25) is 0 Å². The van der Waals surface area contributed by atoms with Crippen LogP contribution in [0.3, 0.4) is 0 Å². The van der Waals surface area contributed by atoms with Crippen LogP contribution in [0.5, 0.6) is 23.0 Å². The maximum absolute atomic E-state index is 12.8. The SMILES string of the molecule is COc1cc(OC)c(Cc2ccc(C(=O)Nc3cccc4ccc(O)cc34)o2)c(OC)c1. The Bertz CT molecular complexity index is 1250. The van der Waals surface area contributed by atoms with E-state index < -0.39 is 0 Å². The number of rotatable bonds is 7. The molecule has 4 rings (SSSR count). The van der Waals surface area contributed by atoms with Crippen molar-refractivity contribution in [3.8, 4) is 23.0 Å². The highest BCUT2D eigenvalue weighted by molar-refractivity contribution is 6.08. The molecule has 7 heteroatoms. The van der Waals surface area contributed by atoms with E-state index in [4.69, 9.17) is 18.6 Å². The van der Waals surface area contributed by atoms with Gasteiger partial charge < -0.3 is 29.1 Å². The zero-order valence-corrected chi connectivity index (χ0v) is 18.0. The number of benzene rings is 3. The third kappa shape index (κ3) is 4.18. The molecule has 32 heavy (non-hydrogen) atoms. The molecule has 0 radical (unpaired) electrons. The number of aromatic hydroxyl groups is 1. The fraction of sp³-hybridized carbons (Fsp3) is 0.160. The molecule has 0 aliphatic rings. The van der Waals surface area contributed by atoms with Gasteiger partial charge in [0, 0.05) is 35.2 Å². The molecule has 0 saturated carbocycles. The van der Waals surface area contributed by atoms with Gasteiger partial charge in [-0.1, -0.05) is 18.2 Å². The number of furan rings is 1. The molecule has 0 fully saturated rings. The van der Waals surface area contributed by atoms with Gasteiger partial charge in [-0.3, -0.25) is 4.79 Å². The highest BCUT2D eigenvalue weighted by atomic mass is 16.5. The Balaban J connectivity index is 1.58. The predicted octanol–water partition coefficient (Wildman–Crippen LogP) is 5.01. The minimum atomic E-state index is -0.388. The number of nitrogens with one attached hydrogen (secondary N) is 1. The first-order valence-corrected chi connectivity index (χ1v) is 9.93. The summed E-state index contributed by atoms with van der Waals surface area (Å²) >= 11 is 0. The fourth-order valence-electron chi connectivity index (χ4n) is 3.57. The Morgan fingerprint density at radius 2 is 1.69 bits per heavy atom. The Morgan fingerprint density at radius 1 is 0.938 bits per heavy atom. The van der Waals surface area contributed by atoms with E-state index in [2.05, 4.69) is 5.32 Å². The molecule has 1 amide bonds. The number of hydrogen-bond donors (Lipinski definition) is 2. The maximum atomic E-state index is 12.8. The van der Waals surface area contributed by atoms with Crippen LogP contribution in [0.1, 0.15) is 21.9 Å². The topological polar surface area (TPSA) is 90.2 Å². The number of methoxy groups -OCH3 is 3. The molecule has 164 valence electrons. The van der Waals surface area contributed by atoms with E-state index in [1.54, 1.807) is 69.9 Å². The smallest absolute Gasteiger partial charge is 0.291 e. The van der Waals surface area contributed by atoms with E-state index in [0.717, 1.165) is 16.3 Å². The third-order valence-electron chi connectivity index (χ3n) is 5.17. The van der Waals surface area contributed by atoms with Crippen LogP contribution in [0.2, 0.25) is 0 Å². The van der Waals surface area contributed by atoms with Crippen molar-refractivity contribution in [1.82, 2.24) is 0 Å². The number of anilines is 1. The molecule has 0 bridgehead atoms. The van der Waals surface area contributed by atoms with Gasteiger partial charge in [0.15, 0.2) is 5.76 Å². The van der Waals surface area contributed by atoms with Crippen LogP contribution in [0, 0.1) is 0 Å². The quantitative estimate of drug-likeness (QED) is 0.426. The van der Waals surface area contributed by atoms with Crippen molar-refractivity contribution in [3.63, 3.8) is 0 Å². The molecule has 1 heterocycles. The number of carbonyl (C=O) groups is 1. The van der Waals surface area contributed by atoms with Gasteiger partial charge in [0.05, 0.1) is 21.3 Å². The number of phenols is 1. The molecule has 0 saturated heterocycles. The van der Waals surface area contributed by atoms with Crippen LogP contribution in [0.4, 0.5) is 5.69 Å². The third-order valence-corrected chi connectivity index (χ3v) is 5.17. The number of hydrogen-bond acceptors (Lipinski definition) is 6. The monoisotopic (exact) mass is 433 g/mol. The molecular weight excluding hydrogens is 410 g/mol. The molecule has 0 spiro atoms. The lowest BCUT2D eigenvalue weighted by Gasteiger charge is -2.14. The van der Waals surface area contributed by atoms with Crippen molar-refractivity contribution in [2.24, 2.45) is 0 Å². The molecule has 7 nitrogen and oxygen atoms in total. The molecule has 0 atom stereocenters. The van der Waals surface area contributed by atoms with E-state index in [1.807, 2.05) is 12.1 Å². The van der Waals surface area contributed by atoms with Crippen LogP contribution >= 0.6 is 0 Å². The van der Waals surface area contributed by atoms with Crippen molar-refractivity contribution >= 4 is 22.4 Å². The van der Waals surface area contributed by atoms with Gasteiger partial charge in [0.25, 0.3) is 5.91 Å². The van der Waals surface area contributed by atoms with Gasteiger partial charge in [0.1, 0.15) is 28.8 Å². The molecule has 3 aromatic carbocycles. The van der Waals surface area contributed by atoms with Crippen molar-refractivity contribution in [2.75, 3.05) is 26.6 Å². The molecular formula is C25H23NO6. The Kier molecular flexibility index (Phi) is 5.89. The molecule has 0 aliphatic heterocycles. The van der Waals surface area contributed by atoms with E-state index in [1.165, 1.54) is 0 Å². The number of phenolic OH excluding ortho intramolecular Hbond substituents is 1. The maximum Gasteiger partial charge on any atom is 0.291 e. The van der Waals surface area contributed by atoms with E-state index in [-0.39, 0.29) is 17.4 Å². The summed E-state index contributed by atoms with van der Waals surface area (Å²) in [5.74, 6) is 2.29. The average molecular weight is 433 g/mol. The fourth-order valence-corrected chi connectivity index (χ4v) is 3.57. The minimum Gasteiger partial charge on any atom is -0.508 e. The summed E-state index contributed by atoms with van der Waals surface area (Å²) in [6, 6.07) is 17.4. The Labute approximate surface area is 185 Å². The zero-order chi connectivity index (χ0) is 22.7. The van der Waals surface area contributed by atoms with Crippen molar-refractivity contribution in [1.29, 1.82) is 0 Å². The first-order valence-electron chi connectivity index (χ1n) is 9.93. The lowest BCUT2D eigenvalue weighted by Crippen LogP contribution is -2.11. The number of carbonyl (C=O) groups excluding carboxylic acids is 1. The van der Waals surface area contributed by atoms with Crippen molar-refractivity contribution in [3.05, 3.63) is 77.7 Å². The van der Waals surface area contributed by atoms with Crippen LogP contribution in [-0.4, -0.2) is 32.3 Å². The normalized spacial score (nSPS) is 10.7. The Morgan fingerprint density at radius 3 is 2.38 bits per heavy atom. The summed E-state index contributed by atoms with van der Waals surface area (Å²) in [5.41, 5.74) is 1.36. The number of amides is 1. The van der Waals surface area contributed by atoms with Crippen molar-refractivity contribution in [2.45, 2.75) is 6.42 Å². The molecule has 4 aromatic rings. The first kappa shape index (κ1) is 21.1. The molecule has 2 N–H and O–H groups in total. The molecule has 1 aromatic heterocycles. The summed E-state index contributed by atoms with van der Waals surface area (Å²) < 4.78 is 22.1. The Hall–Kier alpha value is -4.13. The summed E-state index contributed by atoms with van der Waals surface area (Å²) in [6.45, 7) is 0. The van der Waals surface area contributed by atoms with E-state index >= 15 is 0 Å². The highest BCUT2D eigenvalue weighted by Gasteiger charge is 2.18. The van der Waals surface area contributed by atoms with E-state index in [0.29, 0.717) is 35.1 Å². The highest BCUT2D eigenvalue weighted by Crippen LogP contribution is 2.36. The lowest BCUT2D eigenvalue weighted by molar-refractivity contribution is 0.0995. The van der Waals surface area contributed by atoms with Crippen LogP contribution in [0.25, 0.3) is 10.8 Å². The van der Waals surface area contributed by atoms with Gasteiger partial charge in [-0.15, -0.1) is 0 Å². The first-order chi connectivity index (χ1) is 15.5.